The van der Waals surface area contributed by atoms with Gasteiger partial charge in [0.15, 0.2) is 0 Å². The molecule has 2 aliphatic heterocycles. The molecule has 0 bridgehead atoms. The zero-order chi connectivity index (χ0) is 21.4. The SMILES string of the molecule is CCc1nc2ccccn2c1CN1CCC(CN/C=C(\N)C2(C(F)(F)F)CO2)CC1. The van der Waals surface area contributed by atoms with Gasteiger partial charge in [-0.25, -0.2) is 4.98 Å². The van der Waals surface area contributed by atoms with Gasteiger partial charge in [-0.2, -0.15) is 13.2 Å². The number of alkyl halides is 3. The van der Waals surface area contributed by atoms with E-state index in [1.807, 2.05) is 18.2 Å². The molecule has 4 heterocycles. The number of rotatable bonds is 7. The van der Waals surface area contributed by atoms with Gasteiger partial charge in [-0.3, -0.25) is 4.90 Å². The second kappa shape index (κ2) is 8.11. The molecule has 0 radical (unpaired) electrons. The van der Waals surface area contributed by atoms with E-state index in [1.165, 1.54) is 11.9 Å². The van der Waals surface area contributed by atoms with Crippen LogP contribution in [-0.4, -0.2) is 52.3 Å². The van der Waals surface area contributed by atoms with Gasteiger partial charge >= 0.3 is 6.18 Å². The van der Waals surface area contributed by atoms with Crippen molar-refractivity contribution in [1.29, 1.82) is 0 Å². The van der Waals surface area contributed by atoms with Crippen LogP contribution in [0.1, 0.15) is 31.2 Å². The Morgan fingerprint density at radius 1 is 1.37 bits per heavy atom. The lowest BCUT2D eigenvalue weighted by molar-refractivity contribution is -0.172. The molecule has 6 nitrogen and oxygen atoms in total. The number of likely N-dealkylation sites (tertiary alicyclic amines) is 1. The number of hydrogen-bond donors (Lipinski definition) is 2. The number of ether oxygens (including phenoxy) is 1. The van der Waals surface area contributed by atoms with E-state index in [9.17, 15) is 13.2 Å². The van der Waals surface area contributed by atoms with Crippen LogP contribution in [0.25, 0.3) is 5.65 Å². The minimum Gasteiger partial charge on any atom is -0.398 e. The maximum atomic E-state index is 13.0. The Balaban J connectivity index is 1.29. The van der Waals surface area contributed by atoms with Gasteiger partial charge in [-0.1, -0.05) is 13.0 Å². The lowest BCUT2D eigenvalue weighted by Gasteiger charge is -2.32. The Hall–Kier alpha value is -2.26. The molecule has 2 saturated heterocycles. The molecule has 3 N–H and O–H groups in total. The van der Waals surface area contributed by atoms with Crippen LogP contribution in [0.5, 0.6) is 0 Å². The fourth-order valence-electron chi connectivity index (χ4n) is 4.12. The first-order valence-corrected chi connectivity index (χ1v) is 10.4. The predicted molar refractivity (Wildman–Crippen MR) is 108 cm³/mol. The van der Waals surface area contributed by atoms with Crippen LogP contribution in [0.3, 0.4) is 0 Å². The third kappa shape index (κ3) is 4.00. The molecule has 9 heteroatoms. The van der Waals surface area contributed by atoms with Crippen molar-refractivity contribution in [3.63, 3.8) is 0 Å². The molecule has 0 amide bonds. The van der Waals surface area contributed by atoms with Gasteiger partial charge in [0.1, 0.15) is 5.65 Å². The molecule has 0 saturated carbocycles. The van der Waals surface area contributed by atoms with Gasteiger partial charge in [-0.05, 0) is 50.4 Å². The number of halogens is 3. The molecule has 0 spiro atoms. The Labute approximate surface area is 173 Å². The Morgan fingerprint density at radius 2 is 2.10 bits per heavy atom. The second-order valence-electron chi connectivity index (χ2n) is 8.13. The number of epoxide rings is 1. The van der Waals surface area contributed by atoms with Crippen LogP contribution < -0.4 is 11.1 Å². The molecule has 2 aromatic heterocycles. The van der Waals surface area contributed by atoms with E-state index < -0.39 is 18.4 Å². The fraction of sp³-hybridized carbons (Fsp3) is 0.571. The average Bonchev–Trinajstić information content (AvgIpc) is 3.48. The van der Waals surface area contributed by atoms with Crippen molar-refractivity contribution in [2.24, 2.45) is 11.7 Å². The van der Waals surface area contributed by atoms with Crippen LogP contribution in [-0.2, 0) is 17.7 Å². The zero-order valence-corrected chi connectivity index (χ0v) is 17.1. The smallest absolute Gasteiger partial charge is 0.398 e. The van der Waals surface area contributed by atoms with Crippen LogP contribution >= 0.6 is 0 Å². The molecule has 1 unspecified atom stereocenters. The number of pyridine rings is 1. The summed E-state index contributed by atoms with van der Waals surface area (Å²) < 4.78 is 45.7. The Kier molecular flexibility index (Phi) is 5.67. The number of hydrogen-bond acceptors (Lipinski definition) is 5. The molecule has 0 aromatic carbocycles. The number of piperidine rings is 1. The molecule has 2 aliphatic rings. The van der Waals surface area contributed by atoms with E-state index in [2.05, 4.69) is 32.5 Å². The first-order valence-electron chi connectivity index (χ1n) is 10.4. The molecule has 30 heavy (non-hydrogen) atoms. The number of nitrogens with one attached hydrogen (secondary N) is 1. The van der Waals surface area contributed by atoms with Crippen molar-refractivity contribution in [3.05, 3.63) is 47.7 Å². The van der Waals surface area contributed by atoms with E-state index in [4.69, 9.17) is 10.7 Å². The van der Waals surface area contributed by atoms with Crippen molar-refractivity contribution in [3.8, 4) is 0 Å². The molecule has 1 atom stereocenters. The van der Waals surface area contributed by atoms with Crippen LogP contribution in [0.4, 0.5) is 13.2 Å². The summed E-state index contributed by atoms with van der Waals surface area (Å²) in [5.74, 6) is 0.403. The molecular formula is C21H28F3N5O. The monoisotopic (exact) mass is 423 g/mol. The first kappa shape index (κ1) is 21.0. The highest BCUT2D eigenvalue weighted by molar-refractivity contribution is 5.43. The summed E-state index contributed by atoms with van der Waals surface area (Å²) in [5.41, 5.74) is 6.39. The van der Waals surface area contributed by atoms with Gasteiger partial charge in [0, 0.05) is 25.5 Å². The molecule has 0 aliphatic carbocycles. The molecule has 4 rings (SSSR count). The summed E-state index contributed by atoms with van der Waals surface area (Å²) in [7, 11) is 0. The van der Waals surface area contributed by atoms with Crippen molar-refractivity contribution in [2.45, 2.75) is 44.5 Å². The molecule has 2 fully saturated rings. The molecule has 164 valence electrons. The number of imidazole rings is 1. The molecular weight excluding hydrogens is 395 g/mol. The van der Waals surface area contributed by atoms with Gasteiger partial charge < -0.3 is 20.2 Å². The fourth-order valence-corrected chi connectivity index (χ4v) is 4.12. The van der Waals surface area contributed by atoms with Gasteiger partial charge in [0.05, 0.1) is 23.7 Å². The summed E-state index contributed by atoms with van der Waals surface area (Å²) in [6.45, 7) is 5.08. The third-order valence-electron chi connectivity index (χ3n) is 6.15. The van der Waals surface area contributed by atoms with E-state index in [1.54, 1.807) is 0 Å². The van der Waals surface area contributed by atoms with Gasteiger partial charge in [0.25, 0.3) is 0 Å². The standard InChI is InChI=1S/C21H28F3N5O/c1-2-16-17(29-8-4-3-5-19(29)27-16)13-28-9-6-15(7-10-28)11-26-12-18(25)20(14-30-20)21(22,23)24/h3-5,8,12,15,26H,2,6-7,9-11,13-14,25H2,1H3/b18-12-. The lowest BCUT2D eigenvalue weighted by atomic mass is 9.96. The van der Waals surface area contributed by atoms with Crippen molar-refractivity contribution in [2.75, 3.05) is 26.2 Å². The number of aromatic nitrogens is 2. The van der Waals surface area contributed by atoms with Crippen LogP contribution in [0.2, 0.25) is 0 Å². The summed E-state index contributed by atoms with van der Waals surface area (Å²) in [4.78, 5) is 7.15. The summed E-state index contributed by atoms with van der Waals surface area (Å²) in [5, 5.41) is 2.98. The summed E-state index contributed by atoms with van der Waals surface area (Å²) in [6, 6.07) is 6.04. The van der Waals surface area contributed by atoms with Crippen molar-refractivity contribution >= 4 is 5.65 Å². The first-order chi connectivity index (χ1) is 14.3. The lowest BCUT2D eigenvalue weighted by Crippen LogP contribution is -2.40. The van der Waals surface area contributed by atoms with Crippen molar-refractivity contribution < 1.29 is 17.9 Å². The maximum Gasteiger partial charge on any atom is 0.425 e. The molecule has 2 aromatic rings. The number of nitrogens with zero attached hydrogens (tertiary/aromatic N) is 3. The van der Waals surface area contributed by atoms with Crippen molar-refractivity contribution in [1.82, 2.24) is 19.6 Å². The Bertz CT molecular complexity index is 911. The third-order valence-corrected chi connectivity index (χ3v) is 6.15. The minimum absolute atomic E-state index is 0.299. The highest BCUT2D eigenvalue weighted by atomic mass is 19.4. The van der Waals surface area contributed by atoms with E-state index in [0.717, 1.165) is 50.2 Å². The van der Waals surface area contributed by atoms with E-state index in [-0.39, 0.29) is 5.70 Å². The van der Waals surface area contributed by atoms with Crippen LogP contribution in [0, 0.1) is 5.92 Å². The Morgan fingerprint density at radius 3 is 2.73 bits per heavy atom. The summed E-state index contributed by atoms with van der Waals surface area (Å²) >= 11 is 0. The van der Waals surface area contributed by atoms with Gasteiger partial charge in [0.2, 0.25) is 5.60 Å². The number of aryl methyl sites for hydroxylation is 1. The number of fused-ring (bicyclic) bond motifs is 1. The maximum absolute atomic E-state index is 13.0. The van der Waals surface area contributed by atoms with Gasteiger partial charge in [-0.15, -0.1) is 0 Å². The van der Waals surface area contributed by atoms with E-state index in [0.29, 0.717) is 12.5 Å². The quantitative estimate of drug-likeness (QED) is 0.671. The predicted octanol–water partition coefficient (Wildman–Crippen LogP) is 2.83. The topological polar surface area (TPSA) is 71.1 Å². The minimum atomic E-state index is -4.48. The largest absolute Gasteiger partial charge is 0.425 e. The second-order valence-corrected chi connectivity index (χ2v) is 8.13. The average molecular weight is 423 g/mol. The highest BCUT2D eigenvalue weighted by Crippen LogP contribution is 2.46. The normalized spacial score (nSPS) is 23.8. The van der Waals surface area contributed by atoms with Crippen LogP contribution in [0.15, 0.2) is 36.3 Å². The summed E-state index contributed by atoms with van der Waals surface area (Å²) in [6.07, 6.45) is 1.71. The zero-order valence-electron chi connectivity index (χ0n) is 17.1. The number of nitrogens with two attached hydrogens (primary N) is 1. The van der Waals surface area contributed by atoms with E-state index >= 15 is 0 Å². The highest BCUT2D eigenvalue weighted by Gasteiger charge is 2.68.